The first kappa shape index (κ1) is 14.1. The molecule has 0 radical (unpaired) electrons. The van der Waals surface area contributed by atoms with Crippen LogP contribution in [0.2, 0.25) is 0 Å². The molecule has 0 bridgehead atoms. The van der Waals surface area contributed by atoms with E-state index in [4.69, 9.17) is 0 Å². The van der Waals surface area contributed by atoms with E-state index in [0.717, 1.165) is 0 Å². The minimum Gasteiger partial charge on any atom is -0.378 e. The molecule has 0 saturated heterocycles. The lowest BCUT2D eigenvalue weighted by Gasteiger charge is -2.25. The molecule has 0 spiro atoms. The van der Waals surface area contributed by atoms with E-state index >= 15 is 0 Å². The predicted molar refractivity (Wildman–Crippen MR) is 100 cm³/mol. The molecule has 2 aromatic rings. The van der Waals surface area contributed by atoms with E-state index in [1.807, 2.05) is 11.3 Å². The van der Waals surface area contributed by atoms with Crippen LogP contribution in [0.5, 0.6) is 0 Å². The van der Waals surface area contributed by atoms with E-state index in [2.05, 4.69) is 81.7 Å². The molecule has 3 rings (SSSR count). The van der Waals surface area contributed by atoms with Crippen LogP contribution >= 0.6 is 56.5 Å². The third-order valence-electron chi connectivity index (χ3n) is 3.60. The number of nitrogens with one attached hydrogen (secondary N) is 1. The van der Waals surface area contributed by atoms with Crippen LogP contribution in [-0.4, -0.2) is 0 Å². The van der Waals surface area contributed by atoms with E-state index in [1.54, 1.807) is 4.88 Å². The van der Waals surface area contributed by atoms with Gasteiger partial charge in [0.2, 0.25) is 0 Å². The average Bonchev–Trinajstić information content (AvgIpc) is 2.74. The van der Waals surface area contributed by atoms with Gasteiger partial charge in [0, 0.05) is 14.1 Å². The molecule has 1 aromatic carbocycles. The highest BCUT2D eigenvalue weighted by molar-refractivity contribution is 14.1. The Morgan fingerprint density at radius 1 is 1.26 bits per heavy atom. The highest BCUT2D eigenvalue weighted by Crippen LogP contribution is 2.38. The molecule has 0 fully saturated rings. The van der Waals surface area contributed by atoms with Gasteiger partial charge in [0.05, 0.1) is 8.93 Å². The summed E-state index contributed by atoms with van der Waals surface area (Å²) in [6, 6.07) is 9.48. The molecule has 1 aliphatic rings. The summed E-state index contributed by atoms with van der Waals surface area (Å²) in [6.07, 6.45) is 3.79. The van der Waals surface area contributed by atoms with Gasteiger partial charge in [0.25, 0.3) is 0 Å². The van der Waals surface area contributed by atoms with E-state index in [0.29, 0.717) is 6.04 Å². The summed E-state index contributed by atoms with van der Waals surface area (Å²) in [7, 11) is 0. The second kappa shape index (κ2) is 5.89. The van der Waals surface area contributed by atoms with Gasteiger partial charge in [-0.3, -0.25) is 0 Å². The lowest BCUT2D eigenvalue weighted by molar-refractivity contribution is 0.608. The zero-order valence-corrected chi connectivity index (χ0v) is 15.8. The third kappa shape index (κ3) is 3.10. The molecule has 1 aliphatic carbocycles. The molecule has 1 atom stereocenters. The van der Waals surface area contributed by atoms with Crippen LogP contribution < -0.4 is 5.32 Å². The number of anilines is 1. The summed E-state index contributed by atoms with van der Waals surface area (Å²) in [6.45, 7) is 2.19. The van der Waals surface area contributed by atoms with Crippen molar-refractivity contribution >= 4 is 62.2 Å². The van der Waals surface area contributed by atoms with Crippen molar-refractivity contribution in [1.82, 2.24) is 0 Å². The number of hydrogen-bond acceptors (Lipinski definition) is 2. The number of rotatable bonds is 2. The fraction of sp³-hybridized carbons (Fsp3) is 0.333. The van der Waals surface area contributed by atoms with Crippen LogP contribution in [0.4, 0.5) is 5.69 Å². The van der Waals surface area contributed by atoms with Crippen LogP contribution in [0.25, 0.3) is 0 Å². The van der Waals surface area contributed by atoms with Gasteiger partial charge in [0.15, 0.2) is 0 Å². The van der Waals surface area contributed by atoms with Gasteiger partial charge >= 0.3 is 0 Å². The lowest BCUT2D eigenvalue weighted by Crippen LogP contribution is -2.16. The number of thiophene rings is 1. The van der Waals surface area contributed by atoms with Gasteiger partial charge in [0.1, 0.15) is 0 Å². The molecule has 0 aliphatic heterocycles. The second-order valence-electron chi connectivity index (χ2n) is 4.98. The smallest absolute Gasteiger partial charge is 0.0660 e. The van der Waals surface area contributed by atoms with Gasteiger partial charge < -0.3 is 5.32 Å². The number of benzene rings is 1. The maximum Gasteiger partial charge on any atom is 0.0660 e. The molecule has 4 heteroatoms. The Bertz CT molecular complexity index is 606. The molecule has 19 heavy (non-hydrogen) atoms. The highest BCUT2D eigenvalue weighted by Gasteiger charge is 2.22. The number of fused-ring (bicyclic) bond motifs is 1. The number of halogens is 2. The van der Waals surface area contributed by atoms with E-state index in [-0.39, 0.29) is 0 Å². The Morgan fingerprint density at radius 3 is 2.89 bits per heavy atom. The Labute approximate surface area is 145 Å². The van der Waals surface area contributed by atoms with Gasteiger partial charge in [-0.1, -0.05) is 0 Å². The van der Waals surface area contributed by atoms with Crippen LogP contribution in [0.3, 0.4) is 0 Å². The Balaban J connectivity index is 1.88. The molecule has 100 valence electrons. The molecular formula is C15H15I2NS. The fourth-order valence-corrected chi connectivity index (χ4v) is 5.41. The van der Waals surface area contributed by atoms with Crippen LogP contribution in [0.15, 0.2) is 24.3 Å². The highest BCUT2D eigenvalue weighted by atomic mass is 127. The van der Waals surface area contributed by atoms with Gasteiger partial charge in [-0.05, 0) is 107 Å². The standard InChI is InChI=1S/C15H15I2NS/c1-9-7-10(16)5-6-12(9)18-13-3-2-4-14-11(13)8-15(17)19-14/h5-8,13,18H,2-4H2,1H3. The number of hydrogen-bond donors (Lipinski definition) is 1. The summed E-state index contributed by atoms with van der Waals surface area (Å²) in [5.74, 6) is 0. The normalized spacial score (nSPS) is 18.2. The maximum atomic E-state index is 3.75. The zero-order chi connectivity index (χ0) is 13.4. The lowest BCUT2D eigenvalue weighted by atomic mass is 9.93. The third-order valence-corrected chi connectivity index (χ3v) is 6.24. The summed E-state index contributed by atoms with van der Waals surface area (Å²) in [5, 5.41) is 3.75. The number of aryl methyl sites for hydroxylation is 2. The van der Waals surface area contributed by atoms with E-state index < -0.39 is 0 Å². The quantitative estimate of drug-likeness (QED) is 0.524. The van der Waals surface area contributed by atoms with Gasteiger partial charge in [-0.25, -0.2) is 0 Å². The van der Waals surface area contributed by atoms with Crippen molar-refractivity contribution in [3.05, 3.63) is 46.7 Å². The first-order valence-electron chi connectivity index (χ1n) is 6.44. The van der Waals surface area contributed by atoms with Crippen molar-refractivity contribution in [2.75, 3.05) is 5.32 Å². The largest absolute Gasteiger partial charge is 0.378 e. The summed E-state index contributed by atoms with van der Waals surface area (Å²) in [4.78, 5) is 1.58. The molecule has 0 amide bonds. The molecule has 1 heterocycles. The van der Waals surface area contributed by atoms with Crippen molar-refractivity contribution < 1.29 is 0 Å². The first-order chi connectivity index (χ1) is 9.13. The molecule has 1 N–H and O–H groups in total. The molecule has 1 nitrogen and oxygen atoms in total. The fourth-order valence-electron chi connectivity index (χ4n) is 2.65. The maximum absolute atomic E-state index is 3.75. The van der Waals surface area contributed by atoms with Crippen molar-refractivity contribution in [1.29, 1.82) is 0 Å². The van der Waals surface area contributed by atoms with Crippen LogP contribution in [-0.2, 0) is 6.42 Å². The van der Waals surface area contributed by atoms with Crippen LogP contribution in [0, 0.1) is 13.4 Å². The van der Waals surface area contributed by atoms with Crippen molar-refractivity contribution in [3.63, 3.8) is 0 Å². The van der Waals surface area contributed by atoms with Crippen molar-refractivity contribution in [2.24, 2.45) is 0 Å². The Morgan fingerprint density at radius 2 is 2.11 bits per heavy atom. The van der Waals surface area contributed by atoms with Gasteiger partial charge in [-0.2, -0.15) is 0 Å². The van der Waals surface area contributed by atoms with E-state index in [9.17, 15) is 0 Å². The first-order valence-corrected chi connectivity index (χ1v) is 9.41. The topological polar surface area (TPSA) is 12.0 Å². The average molecular weight is 495 g/mol. The predicted octanol–water partition coefficient (Wildman–Crippen LogP) is 5.76. The Kier molecular flexibility index (Phi) is 4.38. The second-order valence-corrected chi connectivity index (χ2v) is 9.25. The molecule has 0 saturated carbocycles. The van der Waals surface area contributed by atoms with Crippen LogP contribution in [0.1, 0.15) is 34.9 Å². The molecule has 1 unspecified atom stereocenters. The Hall–Kier alpha value is 0.180. The molecule has 1 aromatic heterocycles. The van der Waals surface area contributed by atoms with E-state index in [1.165, 1.54) is 42.5 Å². The minimum absolute atomic E-state index is 0.488. The minimum atomic E-state index is 0.488. The summed E-state index contributed by atoms with van der Waals surface area (Å²) >= 11 is 6.77. The van der Waals surface area contributed by atoms with Crippen molar-refractivity contribution in [2.45, 2.75) is 32.2 Å². The van der Waals surface area contributed by atoms with Crippen molar-refractivity contribution in [3.8, 4) is 0 Å². The monoisotopic (exact) mass is 495 g/mol. The summed E-state index contributed by atoms with van der Waals surface area (Å²) < 4.78 is 2.71. The summed E-state index contributed by atoms with van der Waals surface area (Å²) in [5.41, 5.74) is 4.14. The van der Waals surface area contributed by atoms with Gasteiger partial charge in [-0.15, -0.1) is 11.3 Å². The molecular weight excluding hydrogens is 480 g/mol. The SMILES string of the molecule is Cc1cc(I)ccc1NC1CCCc2sc(I)cc21. The zero-order valence-electron chi connectivity index (χ0n) is 10.7.